The number of hydrogen-bond donors (Lipinski definition) is 1. The van der Waals surface area contributed by atoms with Gasteiger partial charge in [-0.25, -0.2) is 0 Å². The van der Waals surface area contributed by atoms with Crippen molar-refractivity contribution in [1.29, 1.82) is 0 Å². The Morgan fingerprint density at radius 2 is 2.00 bits per heavy atom. The molecule has 2 nitrogen and oxygen atoms in total. The van der Waals surface area contributed by atoms with Crippen LogP contribution < -0.4 is 5.32 Å². The zero-order chi connectivity index (χ0) is 12.4. The molecular weight excluding hydrogens is 240 g/mol. The summed E-state index contributed by atoms with van der Waals surface area (Å²) in [5.41, 5.74) is 0. The second-order valence-electron chi connectivity index (χ2n) is 6.58. The van der Waals surface area contributed by atoms with E-state index in [0.29, 0.717) is 4.75 Å². The molecule has 2 aliphatic carbocycles. The number of rotatable bonds is 4. The zero-order valence-corrected chi connectivity index (χ0v) is 12.6. The van der Waals surface area contributed by atoms with Crippen molar-refractivity contribution in [2.75, 3.05) is 32.4 Å². The number of thioether (sulfide) groups is 1. The molecule has 1 saturated heterocycles. The molecule has 3 heteroatoms. The first-order chi connectivity index (χ1) is 8.81. The fourth-order valence-corrected chi connectivity index (χ4v) is 4.84. The average Bonchev–Trinajstić information content (AvgIpc) is 3.15. The van der Waals surface area contributed by atoms with Gasteiger partial charge in [0.2, 0.25) is 0 Å². The van der Waals surface area contributed by atoms with Crippen LogP contribution in [-0.4, -0.2) is 48.1 Å². The molecule has 1 aliphatic heterocycles. The van der Waals surface area contributed by atoms with Gasteiger partial charge in [0.25, 0.3) is 0 Å². The summed E-state index contributed by atoms with van der Waals surface area (Å²) in [7, 11) is 0. The highest BCUT2D eigenvalue weighted by Crippen LogP contribution is 2.41. The molecule has 1 unspecified atom stereocenters. The van der Waals surface area contributed by atoms with Crippen LogP contribution in [0.25, 0.3) is 0 Å². The van der Waals surface area contributed by atoms with Crippen LogP contribution in [0.2, 0.25) is 0 Å². The van der Waals surface area contributed by atoms with E-state index in [1.54, 1.807) is 0 Å². The van der Waals surface area contributed by atoms with Gasteiger partial charge < -0.3 is 10.2 Å². The van der Waals surface area contributed by atoms with Gasteiger partial charge in [-0.1, -0.05) is 12.8 Å². The number of nitrogens with zero attached hydrogens (tertiary/aromatic N) is 1. The second-order valence-corrected chi connectivity index (χ2v) is 7.86. The molecule has 1 heterocycles. The largest absolute Gasteiger partial charge is 0.312 e. The minimum atomic E-state index is 0.596. The molecule has 2 saturated carbocycles. The van der Waals surface area contributed by atoms with Crippen molar-refractivity contribution in [1.82, 2.24) is 10.2 Å². The predicted octanol–water partition coefficient (Wildman–Crippen LogP) is 2.74. The van der Waals surface area contributed by atoms with Crippen LogP contribution in [0, 0.1) is 5.92 Å². The van der Waals surface area contributed by atoms with Gasteiger partial charge in [0.05, 0.1) is 0 Å². The van der Waals surface area contributed by atoms with E-state index in [-0.39, 0.29) is 0 Å². The summed E-state index contributed by atoms with van der Waals surface area (Å²) in [6, 6.07) is 0.799. The monoisotopic (exact) mass is 268 g/mol. The van der Waals surface area contributed by atoms with Gasteiger partial charge in [0.1, 0.15) is 0 Å². The standard InChI is InChI=1S/C15H28N2S/c1-18-15(7-2-3-8-15)12-17-10-4-9-16-14(11-17)13-5-6-13/h13-14,16H,2-12H2,1H3. The zero-order valence-electron chi connectivity index (χ0n) is 11.8. The van der Waals surface area contributed by atoms with E-state index in [4.69, 9.17) is 0 Å². The number of hydrogen-bond acceptors (Lipinski definition) is 3. The van der Waals surface area contributed by atoms with Gasteiger partial charge in [-0.05, 0) is 57.4 Å². The summed E-state index contributed by atoms with van der Waals surface area (Å²) in [6.45, 7) is 5.22. The Bertz CT molecular complexity index is 272. The summed E-state index contributed by atoms with van der Waals surface area (Å²) in [5, 5.41) is 3.78. The fourth-order valence-electron chi connectivity index (χ4n) is 3.84. The van der Waals surface area contributed by atoms with Gasteiger partial charge in [-0.15, -0.1) is 0 Å². The Kier molecular flexibility index (Phi) is 4.21. The maximum absolute atomic E-state index is 3.78. The molecule has 1 atom stereocenters. The van der Waals surface area contributed by atoms with Crippen molar-refractivity contribution in [2.45, 2.75) is 55.7 Å². The third-order valence-electron chi connectivity index (χ3n) is 5.16. The lowest BCUT2D eigenvalue weighted by atomic mass is 10.1. The molecule has 1 N–H and O–H groups in total. The van der Waals surface area contributed by atoms with Crippen LogP contribution in [0.1, 0.15) is 44.9 Å². The Hall–Kier alpha value is 0.270. The van der Waals surface area contributed by atoms with Crippen LogP contribution >= 0.6 is 11.8 Å². The Balaban J connectivity index is 1.59. The molecule has 0 spiro atoms. The van der Waals surface area contributed by atoms with E-state index >= 15 is 0 Å². The van der Waals surface area contributed by atoms with Crippen LogP contribution in [-0.2, 0) is 0 Å². The third-order valence-corrected chi connectivity index (χ3v) is 6.57. The van der Waals surface area contributed by atoms with E-state index in [0.717, 1.165) is 12.0 Å². The first-order valence-corrected chi connectivity index (χ1v) is 9.05. The van der Waals surface area contributed by atoms with Crippen LogP contribution in [0.5, 0.6) is 0 Å². The smallest absolute Gasteiger partial charge is 0.0284 e. The van der Waals surface area contributed by atoms with E-state index in [9.17, 15) is 0 Å². The Morgan fingerprint density at radius 3 is 2.67 bits per heavy atom. The molecule has 0 aromatic carbocycles. The summed E-state index contributed by atoms with van der Waals surface area (Å²) in [4.78, 5) is 2.78. The van der Waals surface area contributed by atoms with Crippen LogP contribution in [0.3, 0.4) is 0 Å². The molecule has 0 aromatic rings. The van der Waals surface area contributed by atoms with Crippen molar-refractivity contribution >= 4 is 11.8 Å². The maximum Gasteiger partial charge on any atom is 0.0284 e. The minimum Gasteiger partial charge on any atom is -0.312 e. The highest BCUT2D eigenvalue weighted by molar-refractivity contribution is 8.00. The van der Waals surface area contributed by atoms with E-state index in [2.05, 4.69) is 28.2 Å². The molecule has 3 fully saturated rings. The third kappa shape index (κ3) is 3.05. The molecule has 3 aliphatic rings. The predicted molar refractivity (Wildman–Crippen MR) is 80.3 cm³/mol. The molecule has 104 valence electrons. The van der Waals surface area contributed by atoms with Crippen molar-refractivity contribution in [2.24, 2.45) is 5.92 Å². The first-order valence-electron chi connectivity index (χ1n) is 7.82. The molecular formula is C15H28N2S. The Morgan fingerprint density at radius 1 is 1.22 bits per heavy atom. The quantitative estimate of drug-likeness (QED) is 0.844. The number of nitrogens with one attached hydrogen (secondary N) is 1. The normalized spacial score (nSPS) is 33.5. The first kappa shape index (κ1) is 13.3. The SMILES string of the molecule is CSC1(CN2CCCNC(C3CC3)C2)CCCC1. The van der Waals surface area contributed by atoms with Crippen LogP contribution in [0.15, 0.2) is 0 Å². The highest BCUT2D eigenvalue weighted by Gasteiger charge is 2.38. The topological polar surface area (TPSA) is 15.3 Å². The molecule has 3 rings (SSSR count). The van der Waals surface area contributed by atoms with Crippen molar-refractivity contribution in [3.05, 3.63) is 0 Å². The van der Waals surface area contributed by atoms with E-state index in [1.165, 1.54) is 71.1 Å². The van der Waals surface area contributed by atoms with Gasteiger partial charge in [0, 0.05) is 23.9 Å². The molecule has 0 bridgehead atoms. The van der Waals surface area contributed by atoms with Gasteiger partial charge in [-0.2, -0.15) is 11.8 Å². The molecule has 0 amide bonds. The molecule has 0 aromatic heterocycles. The lowest BCUT2D eigenvalue weighted by molar-refractivity contribution is 0.234. The van der Waals surface area contributed by atoms with Crippen molar-refractivity contribution in [3.63, 3.8) is 0 Å². The van der Waals surface area contributed by atoms with Gasteiger partial charge in [-0.3, -0.25) is 0 Å². The molecule has 0 radical (unpaired) electrons. The summed E-state index contributed by atoms with van der Waals surface area (Å²) in [6.07, 6.45) is 12.4. The van der Waals surface area contributed by atoms with E-state index in [1.807, 2.05) is 0 Å². The maximum atomic E-state index is 3.78. The van der Waals surface area contributed by atoms with Crippen LogP contribution in [0.4, 0.5) is 0 Å². The van der Waals surface area contributed by atoms with Gasteiger partial charge >= 0.3 is 0 Å². The fraction of sp³-hybridized carbons (Fsp3) is 1.00. The Labute approximate surface area is 116 Å². The second kappa shape index (κ2) is 5.72. The highest BCUT2D eigenvalue weighted by atomic mass is 32.2. The summed E-state index contributed by atoms with van der Waals surface area (Å²) >= 11 is 2.14. The van der Waals surface area contributed by atoms with Crippen molar-refractivity contribution in [3.8, 4) is 0 Å². The minimum absolute atomic E-state index is 0.596. The van der Waals surface area contributed by atoms with Crippen molar-refractivity contribution < 1.29 is 0 Å². The average molecular weight is 268 g/mol. The lowest BCUT2D eigenvalue weighted by Crippen LogP contribution is -2.44. The van der Waals surface area contributed by atoms with Gasteiger partial charge in [0.15, 0.2) is 0 Å². The van der Waals surface area contributed by atoms with E-state index < -0.39 is 0 Å². The summed E-state index contributed by atoms with van der Waals surface area (Å²) in [5.74, 6) is 0.999. The lowest BCUT2D eigenvalue weighted by Gasteiger charge is -2.34. The molecule has 18 heavy (non-hydrogen) atoms. The summed E-state index contributed by atoms with van der Waals surface area (Å²) < 4.78 is 0.596.